The third-order valence-electron chi connectivity index (χ3n) is 2.78. The average Bonchev–Trinajstić information content (AvgIpc) is 2.68. The predicted octanol–water partition coefficient (Wildman–Crippen LogP) is 3.33. The summed E-state index contributed by atoms with van der Waals surface area (Å²) in [6.07, 6.45) is 0. The van der Waals surface area contributed by atoms with Gasteiger partial charge < -0.3 is 4.55 Å². The molecule has 4 heteroatoms. The van der Waals surface area contributed by atoms with Crippen LogP contribution in [-0.2, 0) is 17.9 Å². The topological polar surface area (TPSA) is 26.3 Å². The molecule has 2 nitrogen and oxygen atoms in total. The second-order valence-electron chi connectivity index (χ2n) is 3.87. The monoisotopic (exact) mass is 355 g/mol. The summed E-state index contributed by atoms with van der Waals surface area (Å²) < 4.78 is 15.4. The van der Waals surface area contributed by atoms with Gasteiger partial charge in [0.1, 0.15) is 11.4 Å². The van der Waals surface area contributed by atoms with Crippen LogP contribution in [0.3, 0.4) is 0 Å². The molecule has 1 aliphatic rings. The van der Waals surface area contributed by atoms with Crippen LogP contribution in [0.15, 0.2) is 53.4 Å². The van der Waals surface area contributed by atoms with Crippen LogP contribution in [0.1, 0.15) is 5.56 Å². The van der Waals surface area contributed by atoms with Crippen molar-refractivity contribution in [2.24, 2.45) is 0 Å². The van der Waals surface area contributed by atoms with Gasteiger partial charge in [-0.3, -0.25) is 0 Å². The van der Waals surface area contributed by atoms with Crippen molar-refractivity contribution in [1.82, 2.24) is 0 Å². The lowest BCUT2D eigenvalue weighted by Gasteiger charge is -2.18. The van der Waals surface area contributed by atoms with Crippen molar-refractivity contribution < 1.29 is 4.55 Å². The van der Waals surface area contributed by atoms with E-state index in [9.17, 15) is 4.55 Å². The number of halogens is 1. The molecular formula is C13H10INOS. The van der Waals surface area contributed by atoms with E-state index in [0.717, 1.165) is 26.3 Å². The Morgan fingerprint density at radius 2 is 1.88 bits per heavy atom. The first-order chi connectivity index (χ1) is 8.25. The van der Waals surface area contributed by atoms with E-state index < -0.39 is 11.4 Å². The van der Waals surface area contributed by atoms with Crippen molar-refractivity contribution in [3.63, 3.8) is 0 Å². The fourth-order valence-corrected chi connectivity index (χ4v) is 4.03. The Kier molecular flexibility index (Phi) is 3.02. The van der Waals surface area contributed by atoms with Gasteiger partial charge >= 0.3 is 0 Å². The van der Waals surface area contributed by atoms with Gasteiger partial charge in [-0.1, -0.05) is 24.3 Å². The third kappa shape index (κ3) is 2.05. The summed E-state index contributed by atoms with van der Waals surface area (Å²) >= 11 is 1.18. The molecule has 0 saturated carbocycles. The van der Waals surface area contributed by atoms with Crippen LogP contribution in [0, 0.1) is 3.57 Å². The lowest BCUT2D eigenvalue weighted by Crippen LogP contribution is -2.23. The van der Waals surface area contributed by atoms with Gasteiger partial charge in [0.15, 0.2) is 4.90 Å². The molecule has 17 heavy (non-hydrogen) atoms. The molecule has 86 valence electrons. The maximum Gasteiger partial charge on any atom is 0.186 e. The zero-order valence-electron chi connectivity index (χ0n) is 8.97. The summed E-state index contributed by atoms with van der Waals surface area (Å²) in [5.74, 6) is 0. The first kappa shape index (κ1) is 11.4. The SMILES string of the molecule is [O-][S+]1c2cc(I)ccc2CN1c1ccccc1. The molecule has 0 aliphatic carbocycles. The lowest BCUT2D eigenvalue weighted by molar-refractivity contribution is 0.595. The number of benzene rings is 2. The minimum atomic E-state index is -1.07. The molecule has 0 spiro atoms. The van der Waals surface area contributed by atoms with Crippen LogP contribution in [0.2, 0.25) is 0 Å². The van der Waals surface area contributed by atoms with Gasteiger partial charge in [0, 0.05) is 15.2 Å². The van der Waals surface area contributed by atoms with Crippen molar-refractivity contribution in [2.45, 2.75) is 11.4 Å². The van der Waals surface area contributed by atoms with Gasteiger partial charge in [0.05, 0.1) is 12.2 Å². The molecule has 0 aromatic heterocycles. The number of fused-ring (bicyclic) bond motifs is 1. The Morgan fingerprint density at radius 3 is 2.65 bits per heavy atom. The van der Waals surface area contributed by atoms with Gasteiger partial charge in [-0.05, 0) is 40.8 Å². The standard InChI is InChI=1S/C13H10INOS/c14-11-7-6-10-9-15(17(16)13(10)8-11)12-4-2-1-3-5-12/h1-8H,9H2. The molecule has 0 amide bonds. The molecule has 0 fully saturated rings. The Hall–Kier alpha value is -0.720. The minimum Gasteiger partial charge on any atom is -0.588 e. The van der Waals surface area contributed by atoms with E-state index in [1.807, 2.05) is 40.7 Å². The quantitative estimate of drug-likeness (QED) is 0.580. The van der Waals surface area contributed by atoms with Crippen LogP contribution in [0.4, 0.5) is 5.69 Å². The van der Waals surface area contributed by atoms with E-state index in [-0.39, 0.29) is 0 Å². The molecule has 0 radical (unpaired) electrons. The fraction of sp³-hybridized carbons (Fsp3) is 0.0769. The number of anilines is 1. The summed E-state index contributed by atoms with van der Waals surface area (Å²) in [7, 11) is 0. The Bertz CT molecular complexity index is 546. The van der Waals surface area contributed by atoms with Crippen molar-refractivity contribution >= 4 is 39.6 Å². The van der Waals surface area contributed by atoms with Crippen LogP contribution in [0.5, 0.6) is 0 Å². The zero-order chi connectivity index (χ0) is 11.8. The van der Waals surface area contributed by atoms with Crippen LogP contribution in [-0.4, -0.2) is 4.55 Å². The van der Waals surface area contributed by atoms with Crippen LogP contribution < -0.4 is 4.31 Å². The van der Waals surface area contributed by atoms with Crippen molar-refractivity contribution in [2.75, 3.05) is 4.31 Å². The lowest BCUT2D eigenvalue weighted by atomic mass is 10.2. The van der Waals surface area contributed by atoms with E-state index >= 15 is 0 Å². The largest absolute Gasteiger partial charge is 0.588 e. The highest BCUT2D eigenvalue weighted by Gasteiger charge is 2.34. The molecule has 1 heterocycles. The molecule has 0 N–H and O–H groups in total. The molecule has 2 aromatic carbocycles. The number of rotatable bonds is 1. The fourth-order valence-electron chi connectivity index (χ4n) is 1.93. The highest BCUT2D eigenvalue weighted by molar-refractivity contribution is 14.1. The summed E-state index contributed by atoms with van der Waals surface area (Å²) in [5.41, 5.74) is 2.17. The molecule has 2 aromatic rings. The van der Waals surface area contributed by atoms with E-state index in [4.69, 9.17) is 0 Å². The van der Waals surface area contributed by atoms with Gasteiger partial charge in [-0.15, -0.1) is 0 Å². The first-order valence-electron chi connectivity index (χ1n) is 5.28. The van der Waals surface area contributed by atoms with E-state index in [0.29, 0.717) is 0 Å². The van der Waals surface area contributed by atoms with Crippen molar-refractivity contribution in [3.8, 4) is 0 Å². The molecule has 3 rings (SSSR count). The normalized spacial score (nSPS) is 18.2. The first-order valence-corrected chi connectivity index (χ1v) is 7.47. The summed E-state index contributed by atoms with van der Waals surface area (Å²) in [6, 6.07) is 16.0. The molecule has 1 aliphatic heterocycles. The van der Waals surface area contributed by atoms with Crippen molar-refractivity contribution in [3.05, 3.63) is 57.7 Å². The number of nitrogens with zero attached hydrogens (tertiary/aromatic N) is 1. The van der Waals surface area contributed by atoms with E-state index in [1.165, 1.54) is 0 Å². The molecule has 1 unspecified atom stereocenters. The van der Waals surface area contributed by atoms with Gasteiger partial charge in [-0.25, -0.2) is 0 Å². The number of hydrogen-bond donors (Lipinski definition) is 0. The van der Waals surface area contributed by atoms with Crippen LogP contribution >= 0.6 is 22.6 Å². The Labute approximate surface area is 117 Å². The second kappa shape index (κ2) is 4.51. The molecule has 0 saturated heterocycles. The highest BCUT2D eigenvalue weighted by Crippen LogP contribution is 2.34. The third-order valence-corrected chi connectivity index (χ3v) is 4.94. The summed E-state index contributed by atoms with van der Waals surface area (Å²) in [4.78, 5) is 0.945. The van der Waals surface area contributed by atoms with E-state index in [1.54, 1.807) is 0 Å². The molecular weight excluding hydrogens is 345 g/mol. The van der Waals surface area contributed by atoms with Crippen LogP contribution in [0.25, 0.3) is 0 Å². The van der Waals surface area contributed by atoms with E-state index in [2.05, 4.69) is 34.7 Å². The highest BCUT2D eigenvalue weighted by atomic mass is 127. The van der Waals surface area contributed by atoms with Crippen molar-refractivity contribution in [1.29, 1.82) is 0 Å². The molecule has 0 bridgehead atoms. The van der Waals surface area contributed by atoms with Gasteiger partial charge in [0.2, 0.25) is 0 Å². The maximum atomic E-state index is 12.4. The molecule has 1 atom stereocenters. The minimum absolute atomic E-state index is 0.725. The Morgan fingerprint density at radius 1 is 1.12 bits per heavy atom. The predicted molar refractivity (Wildman–Crippen MR) is 78.2 cm³/mol. The average molecular weight is 355 g/mol. The van der Waals surface area contributed by atoms with Gasteiger partial charge in [0.25, 0.3) is 0 Å². The second-order valence-corrected chi connectivity index (χ2v) is 6.50. The maximum absolute atomic E-state index is 12.4. The smallest absolute Gasteiger partial charge is 0.186 e. The summed E-state index contributed by atoms with van der Waals surface area (Å²) in [6.45, 7) is 0.725. The number of para-hydroxylation sites is 1. The van der Waals surface area contributed by atoms with Gasteiger partial charge in [-0.2, -0.15) is 4.31 Å². The zero-order valence-corrected chi connectivity index (χ0v) is 11.9. The summed E-state index contributed by atoms with van der Waals surface area (Å²) in [5, 5.41) is 0. The number of hydrogen-bond acceptors (Lipinski definition) is 2. The Balaban J connectivity index is 1.99.